The minimum atomic E-state index is -4.29. The van der Waals surface area contributed by atoms with Gasteiger partial charge in [0.15, 0.2) is 0 Å². The first-order chi connectivity index (χ1) is 20.0. The molecule has 0 aromatic carbocycles. The number of aliphatic hydroxyl groups is 1. The monoisotopic (exact) mass is 621 g/mol. The number of unbranched alkanes of at least 4 members (excludes halogenated alkanes) is 18. The molecule has 1 amide bonds. The lowest BCUT2D eigenvalue weighted by Gasteiger charge is -2.26. The smallest absolute Gasteiger partial charge is 0.391 e. The normalized spacial score (nSPS) is 14.9. The number of hydrogen-bond donors (Lipinski definition) is 3. The zero-order valence-electron chi connectivity index (χ0n) is 28.3. The van der Waals surface area contributed by atoms with Gasteiger partial charge in [0.2, 0.25) is 5.91 Å². The molecule has 0 heterocycles. The molecule has 0 saturated heterocycles. The average Bonchev–Trinajstić information content (AvgIpc) is 2.92. The fourth-order valence-corrected chi connectivity index (χ4v) is 5.72. The average molecular weight is 622 g/mol. The minimum absolute atomic E-state index is 0.0776. The maximum Gasteiger partial charge on any atom is 0.472 e. The zero-order chi connectivity index (χ0) is 31.5. The molecule has 0 bridgehead atoms. The molecule has 3 unspecified atom stereocenters. The van der Waals surface area contributed by atoms with Crippen LogP contribution in [0.1, 0.15) is 155 Å². The first-order valence-corrected chi connectivity index (χ1v) is 18.9. The van der Waals surface area contributed by atoms with Crippen LogP contribution in [0.4, 0.5) is 0 Å². The van der Waals surface area contributed by atoms with Gasteiger partial charge < -0.3 is 19.8 Å². The molecule has 0 saturated carbocycles. The quantitative estimate of drug-likeness (QED) is 0.0409. The molecule has 0 aliphatic carbocycles. The second kappa shape index (κ2) is 26.9. The van der Waals surface area contributed by atoms with Crippen LogP contribution in [0.5, 0.6) is 0 Å². The molecule has 3 N–H and O–H groups in total. The highest BCUT2D eigenvalue weighted by molar-refractivity contribution is 7.47. The molecule has 0 aliphatic rings. The van der Waals surface area contributed by atoms with E-state index in [-0.39, 0.29) is 19.1 Å². The summed E-state index contributed by atoms with van der Waals surface area (Å²) >= 11 is 0. The van der Waals surface area contributed by atoms with Gasteiger partial charge in [0.25, 0.3) is 0 Å². The van der Waals surface area contributed by atoms with Crippen LogP contribution in [0, 0.1) is 0 Å². The number of carbonyl (C=O) groups is 1. The highest BCUT2D eigenvalue weighted by Crippen LogP contribution is 2.43. The lowest BCUT2D eigenvalue weighted by atomic mass is 10.0. The van der Waals surface area contributed by atoms with E-state index in [0.717, 1.165) is 38.5 Å². The summed E-state index contributed by atoms with van der Waals surface area (Å²) in [6.45, 7) is 4.83. The molecule has 3 atom stereocenters. The number of rotatable bonds is 31. The van der Waals surface area contributed by atoms with Crippen LogP contribution in [0.25, 0.3) is 0 Å². The number of nitrogens with one attached hydrogen (secondary N) is 1. The Kier molecular flexibility index (Phi) is 26.5. The number of quaternary nitrogens is 1. The van der Waals surface area contributed by atoms with E-state index in [1.165, 1.54) is 89.9 Å². The van der Waals surface area contributed by atoms with Crippen molar-refractivity contribution in [1.29, 1.82) is 0 Å². The summed E-state index contributed by atoms with van der Waals surface area (Å²) in [6, 6.07) is -0.748. The lowest BCUT2D eigenvalue weighted by Crippen LogP contribution is -2.46. The van der Waals surface area contributed by atoms with E-state index in [1.807, 2.05) is 21.1 Å². The van der Waals surface area contributed by atoms with Crippen molar-refractivity contribution in [3.8, 4) is 0 Å². The summed E-state index contributed by atoms with van der Waals surface area (Å²) in [5.74, 6) is -0.149. The summed E-state index contributed by atoms with van der Waals surface area (Å²) in [6.07, 6.45) is 24.1. The van der Waals surface area contributed by atoms with Gasteiger partial charge >= 0.3 is 7.82 Å². The van der Waals surface area contributed by atoms with E-state index in [1.54, 1.807) is 0 Å². The second-order valence-corrected chi connectivity index (χ2v) is 14.7. The van der Waals surface area contributed by atoms with Gasteiger partial charge in [-0.2, -0.15) is 0 Å². The van der Waals surface area contributed by atoms with Crippen LogP contribution < -0.4 is 5.32 Å². The number of hydrogen-bond acceptors (Lipinski definition) is 5. The Balaban J connectivity index is 4.53. The van der Waals surface area contributed by atoms with Gasteiger partial charge in [-0.3, -0.25) is 13.8 Å². The minimum Gasteiger partial charge on any atom is -0.391 e. The van der Waals surface area contributed by atoms with E-state index in [9.17, 15) is 19.4 Å². The van der Waals surface area contributed by atoms with Crippen molar-refractivity contribution in [3.05, 3.63) is 0 Å². The molecule has 0 aromatic heterocycles. The fraction of sp³-hybridized carbons (Fsp3) is 0.970. The van der Waals surface area contributed by atoms with Gasteiger partial charge in [-0.1, -0.05) is 136 Å². The Morgan fingerprint density at radius 3 is 1.60 bits per heavy atom. The van der Waals surface area contributed by atoms with Gasteiger partial charge in [0, 0.05) is 6.42 Å². The van der Waals surface area contributed by atoms with Crippen molar-refractivity contribution in [2.45, 2.75) is 167 Å². The van der Waals surface area contributed by atoms with Crippen LogP contribution in [0.15, 0.2) is 0 Å². The zero-order valence-corrected chi connectivity index (χ0v) is 29.1. The third kappa shape index (κ3) is 28.3. The molecule has 8 nitrogen and oxygen atoms in total. The predicted molar refractivity (Wildman–Crippen MR) is 175 cm³/mol. The summed E-state index contributed by atoms with van der Waals surface area (Å²) in [5.41, 5.74) is 0. The number of aliphatic hydroxyl groups excluding tert-OH is 1. The fourth-order valence-electron chi connectivity index (χ4n) is 4.98. The highest BCUT2D eigenvalue weighted by Gasteiger charge is 2.28. The lowest BCUT2D eigenvalue weighted by molar-refractivity contribution is -0.870. The summed E-state index contributed by atoms with van der Waals surface area (Å²) in [5, 5.41) is 13.8. The Morgan fingerprint density at radius 1 is 0.714 bits per heavy atom. The topological polar surface area (TPSA) is 105 Å². The third-order valence-corrected chi connectivity index (χ3v) is 8.84. The maximum absolute atomic E-state index is 12.7. The Morgan fingerprint density at radius 2 is 1.14 bits per heavy atom. The van der Waals surface area contributed by atoms with Crippen LogP contribution in [0.3, 0.4) is 0 Å². The van der Waals surface area contributed by atoms with Crippen molar-refractivity contribution in [2.24, 2.45) is 0 Å². The molecule has 0 spiro atoms. The number of amides is 1. The van der Waals surface area contributed by atoms with E-state index in [0.29, 0.717) is 23.9 Å². The third-order valence-electron chi connectivity index (χ3n) is 7.86. The van der Waals surface area contributed by atoms with Crippen molar-refractivity contribution in [2.75, 3.05) is 40.9 Å². The van der Waals surface area contributed by atoms with Crippen LogP contribution in [0.2, 0.25) is 0 Å². The van der Waals surface area contributed by atoms with Gasteiger partial charge in [0.1, 0.15) is 13.2 Å². The van der Waals surface area contributed by atoms with Crippen molar-refractivity contribution in [3.63, 3.8) is 0 Å². The van der Waals surface area contributed by atoms with E-state index < -0.39 is 20.0 Å². The predicted octanol–water partition coefficient (Wildman–Crippen LogP) is 8.29. The molecule has 0 aliphatic heterocycles. The largest absolute Gasteiger partial charge is 0.472 e. The number of carbonyl (C=O) groups excluding carboxylic acids is 1. The van der Waals surface area contributed by atoms with Crippen LogP contribution >= 0.6 is 7.82 Å². The van der Waals surface area contributed by atoms with Gasteiger partial charge in [-0.25, -0.2) is 4.57 Å². The SMILES string of the molecule is CCCCCCCCCCCCC(=O)NC(COP(=O)(O)OCC[N+](C)(C)C)C(O)CCCCCCCCCCCC. The summed E-state index contributed by atoms with van der Waals surface area (Å²) in [7, 11) is 1.62. The maximum atomic E-state index is 12.7. The molecule has 0 aromatic rings. The first kappa shape index (κ1) is 41.5. The van der Waals surface area contributed by atoms with Crippen LogP contribution in [-0.4, -0.2) is 73.4 Å². The van der Waals surface area contributed by atoms with E-state index in [4.69, 9.17) is 9.05 Å². The van der Waals surface area contributed by atoms with Crippen molar-refractivity contribution < 1.29 is 32.9 Å². The van der Waals surface area contributed by atoms with Gasteiger partial charge in [0.05, 0.1) is 39.9 Å². The van der Waals surface area contributed by atoms with Gasteiger partial charge in [-0.15, -0.1) is 0 Å². The molecule has 42 heavy (non-hydrogen) atoms. The molecule has 9 heteroatoms. The molecule has 0 radical (unpaired) electrons. The summed E-state index contributed by atoms with van der Waals surface area (Å²) in [4.78, 5) is 22.9. The molecule has 0 rings (SSSR count). The Hall–Kier alpha value is -0.500. The number of phosphoric acid groups is 1. The molecule has 0 fully saturated rings. The van der Waals surface area contributed by atoms with E-state index in [2.05, 4.69) is 19.2 Å². The van der Waals surface area contributed by atoms with Crippen molar-refractivity contribution in [1.82, 2.24) is 5.32 Å². The number of nitrogens with zero attached hydrogens (tertiary/aromatic N) is 1. The van der Waals surface area contributed by atoms with Gasteiger partial charge in [-0.05, 0) is 12.8 Å². The molecule has 252 valence electrons. The van der Waals surface area contributed by atoms with E-state index >= 15 is 0 Å². The standard InChI is InChI=1S/C33H69N2O6P/c1-6-8-10-12-14-16-18-20-22-24-26-32(36)31(30-41-42(38,39)40-29-28-35(3,4)5)34-33(37)27-25-23-21-19-17-15-13-11-9-7-2/h31-32,36H,6-30H2,1-5H3,(H-,34,37,38,39)/p+1. The molecular weight excluding hydrogens is 551 g/mol. The Labute approximate surface area is 259 Å². The van der Waals surface area contributed by atoms with Crippen molar-refractivity contribution >= 4 is 13.7 Å². The Bertz CT molecular complexity index is 673. The molecular formula is C33H70N2O6P+. The highest BCUT2D eigenvalue weighted by atomic mass is 31.2. The summed E-state index contributed by atoms with van der Waals surface area (Å²) < 4.78 is 23.4. The second-order valence-electron chi connectivity index (χ2n) is 13.3. The number of likely N-dealkylation sites (N-methyl/N-ethyl adjacent to an activating group) is 1. The first-order valence-electron chi connectivity index (χ1n) is 17.4. The number of phosphoric ester groups is 1. The van der Waals surface area contributed by atoms with Crippen LogP contribution in [-0.2, 0) is 18.4 Å².